The van der Waals surface area contributed by atoms with Gasteiger partial charge in [-0.3, -0.25) is 4.79 Å². The van der Waals surface area contributed by atoms with Gasteiger partial charge in [0.2, 0.25) is 0 Å². The van der Waals surface area contributed by atoms with Gasteiger partial charge in [0.15, 0.2) is 0 Å². The van der Waals surface area contributed by atoms with E-state index in [9.17, 15) is 4.79 Å². The predicted molar refractivity (Wildman–Crippen MR) is 77.6 cm³/mol. The summed E-state index contributed by atoms with van der Waals surface area (Å²) in [6.45, 7) is 1.83. The Bertz CT molecular complexity index is 688. The third-order valence-corrected chi connectivity index (χ3v) is 4.21. The lowest BCUT2D eigenvalue weighted by molar-refractivity contribution is 0.103. The van der Waals surface area contributed by atoms with Gasteiger partial charge in [-0.25, -0.2) is 0 Å². The van der Waals surface area contributed by atoms with Gasteiger partial charge < -0.3 is 11.1 Å². The molecule has 0 aliphatic carbocycles. The van der Waals surface area contributed by atoms with Crippen molar-refractivity contribution in [2.75, 3.05) is 11.1 Å². The van der Waals surface area contributed by atoms with E-state index in [2.05, 4.69) is 5.32 Å². The highest BCUT2D eigenvalue weighted by Crippen LogP contribution is 2.28. The molecular weight excluding hydrogens is 282 g/mol. The second kappa shape index (κ2) is 5.31. The minimum Gasteiger partial charge on any atom is -0.399 e. The van der Waals surface area contributed by atoms with Gasteiger partial charge in [-0.2, -0.15) is 5.26 Å². The van der Waals surface area contributed by atoms with E-state index in [-0.39, 0.29) is 5.91 Å². The average Bonchev–Trinajstić information content (AvgIpc) is 2.72. The Morgan fingerprint density at radius 1 is 1.53 bits per heavy atom. The van der Waals surface area contributed by atoms with Gasteiger partial charge in [0.1, 0.15) is 10.9 Å². The number of thiophene rings is 1. The molecule has 1 aromatic carbocycles. The molecule has 0 fully saturated rings. The molecule has 0 radical (unpaired) electrons. The van der Waals surface area contributed by atoms with Gasteiger partial charge in [-0.15, -0.1) is 11.3 Å². The third-order valence-electron chi connectivity index (χ3n) is 2.52. The van der Waals surface area contributed by atoms with Gasteiger partial charge in [0, 0.05) is 5.69 Å². The summed E-state index contributed by atoms with van der Waals surface area (Å²) < 4.78 is 0. The highest BCUT2D eigenvalue weighted by molar-refractivity contribution is 7.13. The number of carbonyl (C=O) groups is 1. The van der Waals surface area contributed by atoms with E-state index in [1.807, 2.05) is 18.4 Å². The van der Waals surface area contributed by atoms with Crippen molar-refractivity contribution in [2.45, 2.75) is 6.92 Å². The van der Waals surface area contributed by atoms with Crippen LogP contribution < -0.4 is 11.1 Å². The van der Waals surface area contributed by atoms with Crippen LogP contribution in [0.2, 0.25) is 5.02 Å². The Morgan fingerprint density at radius 3 is 2.84 bits per heavy atom. The summed E-state index contributed by atoms with van der Waals surface area (Å²) in [5, 5.41) is 13.9. The Morgan fingerprint density at radius 2 is 2.26 bits per heavy atom. The molecule has 0 unspecified atom stereocenters. The summed E-state index contributed by atoms with van der Waals surface area (Å²) in [4.78, 5) is 12.5. The molecule has 1 heterocycles. The van der Waals surface area contributed by atoms with Gasteiger partial charge in [0.05, 0.1) is 16.3 Å². The molecular formula is C13H10ClN3OS. The first-order valence-electron chi connectivity index (χ1n) is 5.37. The molecule has 0 spiro atoms. The first kappa shape index (κ1) is 13.4. The van der Waals surface area contributed by atoms with Crippen LogP contribution in [0.15, 0.2) is 23.6 Å². The number of halogens is 1. The molecule has 19 heavy (non-hydrogen) atoms. The lowest BCUT2D eigenvalue weighted by Crippen LogP contribution is -2.12. The van der Waals surface area contributed by atoms with E-state index >= 15 is 0 Å². The van der Waals surface area contributed by atoms with E-state index in [1.165, 1.54) is 17.4 Å². The van der Waals surface area contributed by atoms with Crippen molar-refractivity contribution in [2.24, 2.45) is 0 Å². The molecule has 4 nitrogen and oxygen atoms in total. The number of carbonyl (C=O) groups excluding carboxylic acids is 1. The maximum absolute atomic E-state index is 12.1. The number of nitriles is 1. The normalized spacial score (nSPS) is 9.95. The second-order valence-electron chi connectivity index (χ2n) is 3.93. The van der Waals surface area contributed by atoms with Crippen molar-refractivity contribution in [3.63, 3.8) is 0 Å². The minimum atomic E-state index is -0.329. The topological polar surface area (TPSA) is 78.9 Å². The molecule has 0 saturated heterocycles. The first-order chi connectivity index (χ1) is 9.02. The zero-order valence-corrected chi connectivity index (χ0v) is 11.6. The Kier molecular flexibility index (Phi) is 3.74. The van der Waals surface area contributed by atoms with Crippen LogP contribution in [0.3, 0.4) is 0 Å². The van der Waals surface area contributed by atoms with E-state index in [1.54, 1.807) is 12.1 Å². The summed E-state index contributed by atoms with van der Waals surface area (Å²) in [5.74, 6) is -0.329. The van der Waals surface area contributed by atoms with E-state index in [0.29, 0.717) is 26.8 Å². The third kappa shape index (κ3) is 2.70. The van der Waals surface area contributed by atoms with Gasteiger partial charge >= 0.3 is 0 Å². The Labute approximate surface area is 119 Å². The first-order valence-corrected chi connectivity index (χ1v) is 6.63. The van der Waals surface area contributed by atoms with E-state index < -0.39 is 0 Å². The standard InChI is InChI=1S/C13H10ClN3OS/c1-7-6-19-12(11(7)14)13(18)17-10-3-2-9(16)4-8(10)5-15/h2-4,6H,16H2,1H3,(H,17,18). The largest absolute Gasteiger partial charge is 0.399 e. The molecule has 0 atom stereocenters. The van der Waals surface area contributed by atoms with Crippen molar-refractivity contribution in [1.82, 2.24) is 0 Å². The second-order valence-corrected chi connectivity index (χ2v) is 5.19. The molecule has 0 bridgehead atoms. The quantitative estimate of drug-likeness (QED) is 0.832. The van der Waals surface area contributed by atoms with Crippen LogP contribution >= 0.6 is 22.9 Å². The summed E-state index contributed by atoms with van der Waals surface area (Å²) in [6.07, 6.45) is 0. The molecule has 2 rings (SSSR count). The lowest BCUT2D eigenvalue weighted by Gasteiger charge is -2.07. The van der Waals surface area contributed by atoms with Crippen LogP contribution in [0, 0.1) is 18.3 Å². The van der Waals surface area contributed by atoms with Crippen LogP contribution in [-0.4, -0.2) is 5.91 Å². The number of aryl methyl sites for hydroxylation is 1. The molecule has 1 aromatic heterocycles. The smallest absolute Gasteiger partial charge is 0.267 e. The molecule has 0 saturated carbocycles. The maximum atomic E-state index is 12.1. The SMILES string of the molecule is Cc1csc(C(=O)Nc2ccc(N)cc2C#N)c1Cl. The summed E-state index contributed by atoms with van der Waals surface area (Å²) in [5.41, 5.74) is 7.66. The molecule has 0 aliphatic rings. The number of benzene rings is 1. The number of rotatable bonds is 2. The van der Waals surface area contributed by atoms with Crippen LogP contribution in [-0.2, 0) is 0 Å². The molecule has 1 amide bonds. The van der Waals surface area contributed by atoms with Crippen LogP contribution in [0.4, 0.5) is 11.4 Å². The van der Waals surface area contributed by atoms with E-state index in [4.69, 9.17) is 22.6 Å². The van der Waals surface area contributed by atoms with Crippen molar-refractivity contribution >= 4 is 40.2 Å². The summed E-state index contributed by atoms with van der Waals surface area (Å²) in [6, 6.07) is 6.72. The molecule has 2 aromatic rings. The average molecular weight is 292 g/mol. The number of nitrogens with one attached hydrogen (secondary N) is 1. The van der Waals surface area contributed by atoms with Crippen LogP contribution in [0.1, 0.15) is 20.8 Å². The Hall–Kier alpha value is -2.03. The van der Waals surface area contributed by atoms with Crippen LogP contribution in [0.5, 0.6) is 0 Å². The number of nitrogen functional groups attached to an aromatic ring is 1. The zero-order valence-electron chi connectivity index (χ0n) is 10.0. The van der Waals surface area contributed by atoms with E-state index in [0.717, 1.165) is 5.56 Å². The molecule has 0 aliphatic heterocycles. The van der Waals surface area contributed by atoms with Crippen molar-refractivity contribution in [3.05, 3.63) is 44.6 Å². The molecule has 96 valence electrons. The highest BCUT2D eigenvalue weighted by Gasteiger charge is 2.16. The number of hydrogen-bond acceptors (Lipinski definition) is 4. The zero-order chi connectivity index (χ0) is 14.0. The van der Waals surface area contributed by atoms with Crippen molar-refractivity contribution < 1.29 is 4.79 Å². The van der Waals surface area contributed by atoms with Gasteiger partial charge in [0.25, 0.3) is 5.91 Å². The lowest BCUT2D eigenvalue weighted by atomic mass is 10.1. The van der Waals surface area contributed by atoms with Crippen molar-refractivity contribution in [3.8, 4) is 6.07 Å². The van der Waals surface area contributed by atoms with Crippen molar-refractivity contribution in [1.29, 1.82) is 5.26 Å². The monoisotopic (exact) mass is 291 g/mol. The van der Waals surface area contributed by atoms with Gasteiger partial charge in [-0.1, -0.05) is 11.6 Å². The maximum Gasteiger partial charge on any atom is 0.267 e. The number of amides is 1. The summed E-state index contributed by atoms with van der Waals surface area (Å²) in [7, 11) is 0. The van der Waals surface area contributed by atoms with Gasteiger partial charge in [-0.05, 0) is 36.1 Å². The number of nitrogens with zero attached hydrogens (tertiary/aromatic N) is 1. The van der Waals surface area contributed by atoms with Crippen LogP contribution in [0.25, 0.3) is 0 Å². The Balaban J connectivity index is 2.30. The predicted octanol–water partition coefficient (Wildman–Crippen LogP) is 3.42. The fourth-order valence-electron chi connectivity index (χ4n) is 1.53. The fourth-order valence-corrected chi connectivity index (χ4v) is 2.70. The molecule has 3 N–H and O–H groups in total. The highest BCUT2D eigenvalue weighted by atomic mass is 35.5. The summed E-state index contributed by atoms with van der Waals surface area (Å²) >= 11 is 7.30. The number of nitrogens with two attached hydrogens (primary N) is 1. The fraction of sp³-hybridized carbons (Fsp3) is 0.0769. The number of anilines is 2. The number of hydrogen-bond donors (Lipinski definition) is 2. The molecule has 6 heteroatoms. The minimum absolute atomic E-state index is 0.317.